The second-order valence-electron chi connectivity index (χ2n) is 5.89. The van der Waals surface area contributed by atoms with Crippen molar-refractivity contribution in [3.63, 3.8) is 0 Å². The number of nitrogens with zero attached hydrogens (tertiary/aromatic N) is 3. The zero-order chi connectivity index (χ0) is 16.3. The SMILES string of the molecule is BrC1=CN2C[n+]3cc(Br)c4ccccc4c3N=C2c2ccccc21. The molecule has 5 rings (SSSR count). The highest BCUT2D eigenvalue weighted by Crippen LogP contribution is 2.36. The topological polar surface area (TPSA) is 19.5 Å². The third-order valence-electron chi connectivity index (χ3n) is 4.45. The predicted octanol–water partition coefficient (Wildman–Crippen LogP) is 4.95. The minimum atomic E-state index is 0.737. The van der Waals surface area contributed by atoms with E-state index in [-0.39, 0.29) is 0 Å². The third-order valence-corrected chi connectivity index (χ3v) is 5.71. The summed E-state index contributed by atoms with van der Waals surface area (Å²) in [6.07, 6.45) is 4.22. The largest absolute Gasteiger partial charge is 0.335 e. The van der Waals surface area contributed by atoms with Gasteiger partial charge < -0.3 is 0 Å². The molecule has 0 spiro atoms. The molecular formula is C19H12Br2N3+. The van der Waals surface area contributed by atoms with E-state index in [9.17, 15) is 0 Å². The zero-order valence-electron chi connectivity index (χ0n) is 12.6. The van der Waals surface area contributed by atoms with Crippen LogP contribution in [0.3, 0.4) is 0 Å². The maximum Gasteiger partial charge on any atom is 0.335 e. The molecule has 5 heteroatoms. The Bertz CT molecular complexity index is 1070. The summed E-state index contributed by atoms with van der Waals surface area (Å²) in [7, 11) is 0. The van der Waals surface area contributed by atoms with Crippen molar-refractivity contribution in [3.8, 4) is 0 Å². The van der Waals surface area contributed by atoms with Crippen molar-refractivity contribution < 1.29 is 4.57 Å². The Morgan fingerprint density at radius 2 is 1.62 bits per heavy atom. The Morgan fingerprint density at radius 3 is 2.46 bits per heavy atom. The first kappa shape index (κ1) is 14.4. The highest BCUT2D eigenvalue weighted by molar-refractivity contribution is 9.15. The van der Waals surface area contributed by atoms with Crippen LogP contribution in [0.25, 0.3) is 15.3 Å². The van der Waals surface area contributed by atoms with Crippen LogP contribution in [-0.4, -0.2) is 10.7 Å². The highest BCUT2D eigenvalue weighted by atomic mass is 79.9. The van der Waals surface area contributed by atoms with Gasteiger partial charge in [0.15, 0.2) is 6.67 Å². The number of aromatic nitrogens is 1. The van der Waals surface area contributed by atoms with Gasteiger partial charge in [-0.2, -0.15) is 0 Å². The van der Waals surface area contributed by atoms with Crippen LogP contribution in [0, 0.1) is 0 Å². The van der Waals surface area contributed by atoms with Gasteiger partial charge in [0.1, 0.15) is 6.20 Å². The van der Waals surface area contributed by atoms with Gasteiger partial charge in [-0.25, -0.2) is 4.57 Å². The van der Waals surface area contributed by atoms with Gasteiger partial charge in [-0.15, -0.1) is 0 Å². The average molecular weight is 442 g/mol. The Morgan fingerprint density at radius 1 is 0.917 bits per heavy atom. The van der Waals surface area contributed by atoms with Gasteiger partial charge in [-0.1, -0.05) is 36.4 Å². The fourth-order valence-corrected chi connectivity index (χ4v) is 4.53. The smallest absolute Gasteiger partial charge is 0.273 e. The minimum absolute atomic E-state index is 0.737. The average Bonchev–Trinajstić information content (AvgIpc) is 2.61. The molecule has 0 radical (unpaired) electrons. The van der Waals surface area contributed by atoms with Crippen LogP contribution in [0.2, 0.25) is 0 Å². The molecule has 0 N–H and O–H groups in total. The maximum absolute atomic E-state index is 5.03. The van der Waals surface area contributed by atoms with Crippen molar-refractivity contribution in [3.05, 3.63) is 76.5 Å². The van der Waals surface area contributed by atoms with E-state index in [4.69, 9.17) is 4.99 Å². The van der Waals surface area contributed by atoms with Crippen LogP contribution in [0.4, 0.5) is 5.82 Å². The van der Waals surface area contributed by atoms with Gasteiger partial charge in [0.2, 0.25) is 0 Å². The maximum atomic E-state index is 5.03. The van der Waals surface area contributed by atoms with E-state index in [1.807, 2.05) is 0 Å². The fourth-order valence-electron chi connectivity index (χ4n) is 3.35. The first-order valence-corrected chi connectivity index (χ1v) is 9.24. The summed E-state index contributed by atoms with van der Waals surface area (Å²) in [5, 5.41) is 2.34. The zero-order valence-corrected chi connectivity index (χ0v) is 15.8. The summed E-state index contributed by atoms with van der Waals surface area (Å²) in [5.41, 5.74) is 2.34. The Kier molecular flexibility index (Phi) is 3.15. The lowest BCUT2D eigenvalue weighted by Gasteiger charge is -2.27. The van der Waals surface area contributed by atoms with Crippen LogP contribution in [0.1, 0.15) is 11.1 Å². The number of pyridine rings is 1. The number of aliphatic imine (C=N–C) groups is 1. The summed E-state index contributed by atoms with van der Waals surface area (Å²) in [4.78, 5) is 7.21. The molecule has 2 aromatic carbocycles. The first-order valence-electron chi connectivity index (χ1n) is 7.65. The van der Waals surface area contributed by atoms with E-state index in [2.05, 4.69) is 102 Å². The number of amidine groups is 1. The number of halogens is 2. The lowest BCUT2D eigenvalue weighted by Crippen LogP contribution is -2.49. The summed E-state index contributed by atoms with van der Waals surface area (Å²) in [6, 6.07) is 16.7. The number of fused-ring (bicyclic) bond motifs is 6. The molecule has 0 amide bonds. The number of benzene rings is 2. The van der Waals surface area contributed by atoms with Crippen molar-refractivity contribution in [2.45, 2.75) is 6.67 Å². The van der Waals surface area contributed by atoms with E-state index >= 15 is 0 Å². The van der Waals surface area contributed by atoms with E-state index in [1.165, 1.54) is 10.9 Å². The molecule has 0 unspecified atom stereocenters. The van der Waals surface area contributed by atoms with Crippen molar-refractivity contribution in [2.75, 3.05) is 0 Å². The molecule has 0 saturated carbocycles. The molecule has 3 aromatic rings. The van der Waals surface area contributed by atoms with Crippen LogP contribution >= 0.6 is 31.9 Å². The molecule has 0 fully saturated rings. The highest BCUT2D eigenvalue weighted by Gasteiger charge is 2.33. The Balaban J connectivity index is 1.83. The number of hydrogen-bond donors (Lipinski definition) is 0. The second-order valence-corrected chi connectivity index (χ2v) is 7.59. The van der Waals surface area contributed by atoms with E-state index in [0.29, 0.717) is 0 Å². The molecule has 0 bridgehead atoms. The minimum Gasteiger partial charge on any atom is -0.273 e. The van der Waals surface area contributed by atoms with Crippen LogP contribution < -0.4 is 4.57 Å². The summed E-state index contributed by atoms with van der Waals surface area (Å²) < 4.78 is 4.35. The lowest BCUT2D eigenvalue weighted by molar-refractivity contribution is -0.699. The van der Waals surface area contributed by atoms with Gasteiger partial charge in [-0.05, 0) is 49.0 Å². The molecule has 2 aliphatic rings. The van der Waals surface area contributed by atoms with E-state index in [0.717, 1.165) is 38.2 Å². The molecule has 0 atom stereocenters. The van der Waals surface area contributed by atoms with Crippen molar-refractivity contribution in [2.24, 2.45) is 4.99 Å². The molecule has 3 nitrogen and oxygen atoms in total. The lowest BCUT2D eigenvalue weighted by atomic mass is 10.0. The summed E-state index contributed by atoms with van der Waals surface area (Å²) in [5.74, 6) is 2.00. The van der Waals surface area contributed by atoms with Crippen LogP contribution in [0.5, 0.6) is 0 Å². The van der Waals surface area contributed by atoms with Crippen molar-refractivity contribution in [1.29, 1.82) is 0 Å². The molecule has 116 valence electrons. The number of rotatable bonds is 0. The Hall–Kier alpha value is -1.98. The van der Waals surface area contributed by atoms with Crippen molar-refractivity contribution >= 4 is 58.8 Å². The normalized spacial score (nSPS) is 15.3. The molecule has 1 aromatic heterocycles. The monoisotopic (exact) mass is 440 g/mol. The van der Waals surface area contributed by atoms with Gasteiger partial charge in [-0.3, -0.25) is 4.90 Å². The van der Waals surface area contributed by atoms with Crippen molar-refractivity contribution in [1.82, 2.24) is 4.90 Å². The van der Waals surface area contributed by atoms with Crippen LogP contribution in [-0.2, 0) is 6.67 Å². The fraction of sp³-hybridized carbons (Fsp3) is 0.0526. The molecular weight excluding hydrogens is 430 g/mol. The molecule has 2 aliphatic heterocycles. The molecule has 24 heavy (non-hydrogen) atoms. The molecule has 0 aliphatic carbocycles. The summed E-state index contributed by atoms with van der Waals surface area (Å²) >= 11 is 7.38. The second kappa shape index (κ2) is 5.26. The quantitative estimate of drug-likeness (QED) is 0.452. The van der Waals surface area contributed by atoms with E-state index < -0.39 is 0 Å². The Labute approximate surface area is 156 Å². The van der Waals surface area contributed by atoms with Crippen LogP contribution in [0.15, 0.2) is 70.4 Å². The third kappa shape index (κ3) is 2.01. The standard InChI is InChI=1S/C19H12Br2N3/c20-16-9-23-11-24-10-17(21)13-6-2-4-8-15(13)19(24)22-18(23)14-7-3-1-5-12(14)16/h1-10H,11H2/q+1. The molecule has 3 heterocycles. The van der Waals surface area contributed by atoms with E-state index in [1.54, 1.807) is 0 Å². The van der Waals surface area contributed by atoms with Gasteiger partial charge >= 0.3 is 5.82 Å². The summed E-state index contributed by atoms with van der Waals surface area (Å²) in [6.45, 7) is 0.737. The van der Waals surface area contributed by atoms with Gasteiger partial charge in [0.25, 0.3) is 5.84 Å². The predicted molar refractivity (Wildman–Crippen MR) is 103 cm³/mol. The van der Waals surface area contributed by atoms with Gasteiger partial charge in [0.05, 0.1) is 15.4 Å². The molecule has 0 saturated heterocycles. The number of hydrogen-bond acceptors (Lipinski definition) is 2. The first-order chi connectivity index (χ1) is 11.7. The van der Waals surface area contributed by atoms with Gasteiger partial charge in [0, 0.05) is 21.6 Å².